The Morgan fingerprint density at radius 1 is 1.33 bits per heavy atom. The summed E-state index contributed by atoms with van der Waals surface area (Å²) in [4.78, 5) is 10.1. The zero-order chi connectivity index (χ0) is 16.8. The predicted octanol–water partition coefficient (Wildman–Crippen LogP) is 2.79. The number of H-pyrrole nitrogens is 1. The van der Waals surface area contributed by atoms with E-state index in [1.165, 1.54) is 16.5 Å². The second kappa shape index (κ2) is 8.20. The highest BCUT2D eigenvalue weighted by Gasteiger charge is 2.21. The van der Waals surface area contributed by atoms with Crippen molar-refractivity contribution < 1.29 is 4.74 Å². The quantitative estimate of drug-likeness (QED) is 0.655. The van der Waals surface area contributed by atoms with Crippen molar-refractivity contribution in [1.82, 2.24) is 15.2 Å². The van der Waals surface area contributed by atoms with Crippen molar-refractivity contribution in [3.05, 3.63) is 36.0 Å². The van der Waals surface area contributed by atoms with Crippen LogP contribution in [-0.4, -0.2) is 55.2 Å². The van der Waals surface area contributed by atoms with Gasteiger partial charge in [-0.2, -0.15) is 0 Å². The molecule has 1 saturated heterocycles. The van der Waals surface area contributed by atoms with E-state index < -0.39 is 0 Å². The van der Waals surface area contributed by atoms with Gasteiger partial charge in [-0.15, -0.1) is 0 Å². The van der Waals surface area contributed by atoms with Crippen LogP contribution in [-0.2, 0) is 11.2 Å². The van der Waals surface area contributed by atoms with Gasteiger partial charge >= 0.3 is 0 Å². The fourth-order valence-corrected chi connectivity index (χ4v) is 3.45. The van der Waals surface area contributed by atoms with Gasteiger partial charge in [0.1, 0.15) is 0 Å². The molecule has 0 radical (unpaired) electrons. The highest BCUT2D eigenvalue weighted by Crippen LogP contribution is 2.18. The lowest BCUT2D eigenvalue weighted by molar-refractivity contribution is 0.0264. The molecule has 130 valence electrons. The SMILES string of the molecule is CCOC1CCN(C(=NC)NCCc2c[nH]c3ccccc23)CC1. The number of aromatic nitrogens is 1. The fourth-order valence-electron chi connectivity index (χ4n) is 3.45. The number of aliphatic imine (C=N–C) groups is 1. The lowest BCUT2D eigenvalue weighted by Crippen LogP contribution is -2.47. The van der Waals surface area contributed by atoms with Gasteiger partial charge in [-0.25, -0.2) is 0 Å². The molecular formula is C19H28N4O. The van der Waals surface area contributed by atoms with Crippen LogP contribution in [0.3, 0.4) is 0 Å². The van der Waals surface area contributed by atoms with Gasteiger partial charge in [0.05, 0.1) is 6.10 Å². The van der Waals surface area contributed by atoms with E-state index in [-0.39, 0.29) is 0 Å². The lowest BCUT2D eigenvalue weighted by atomic mass is 10.1. The summed E-state index contributed by atoms with van der Waals surface area (Å²) >= 11 is 0. The topological polar surface area (TPSA) is 52.6 Å². The molecule has 2 heterocycles. The Morgan fingerprint density at radius 2 is 2.12 bits per heavy atom. The standard InChI is InChI=1S/C19H28N4O/c1-3-24-16-9-12-23(13-10-16)19(20-2)21-11-8-15-14-22-18-7-5-4-6-17(15)18/h4-7,14,16,22H,3,8-13H2,1-2H3,(H,20,21). The first kappa shape index (κ1) is 16.8. The lowest BCUT2D eigenvalue weighted by Gasteiger charge is -2.34. The van der Waals surface area contributed by atoms with E-state index in [4.69, 9.17) is 4.74 Å². The van der Waals surface area contributed by atoms with Crippen molar-refractivity contribution in [2.75, 3.05) is 33.3 Å². The molecule has 0 bridgehead atoms. The van der Waals surface area contributed by atoms with Gasteiger partial charge < -0.3 is 19.9 Å². The van der Waals surface area contributed by atoms with Crippen LogP contribution in [0.4, 0.5) is 0 Å². The van der Waals surface area contributed by atoms with E-state index in [0.717, 1.165) is 51.5 Å². The Morgan fingerprint density at radius 3 is 2.88 bits per heavy atom. The molecule has 3 rings (SSSR count). The largest absolute Gasteiger partial charge is 0.378 e. The molecular weight excluding hydrogens is 300 g/mol. The van der Waals surface area contributed by atoms with Crippen LogP contribution in [0, 0.1) is 0 Å². The number of hydrogen-bond donors (Lipinski definition) is 2. The second-order valence-electron chi connectivity index (χ2n) is 6.23. The van der Waals surface area contributed by atoms with Crippen LogP contribution in [0.1, 0.15) is 25.3 Å². The van der Waals surface area contributed by atoms with Crippen LogP contribution in [0.25, 0.3) is 10.9 Å². The molecule has 0 aliphatic carbocycles. The van der Waals surface area contributed by atoms with E-state index in [0.29, 0.717) is 6.10 Å². The first-order valence-corrected chi connectivity index (χ1v) is 8.94. The Kier molecular flexibility index (Phi) is 5.75. The molecule has 0 spiro atoms. The molecule has 1 aliphatic heterocycles. The number of aromatic amines is 1. The molecule has 1 aliphatic rings. The van der Waals surface area contributed by atoms with Gasteiger partial charge in [0.25, 0.3) is 0 Å². The predicted molar refractivity (Wildman–Crippen MR) is 99.6 cm³/mol. The summed E-state index contributed by atoms with van der Waals surface area (Å²) in [6, 6.07) is 8.45. The number of fused-ring (bicyclic) bond motifs is 1. The molecule has 2 aromatic rings. The summed E-state index contributed by atoms with van der Waals surface area (Å²) in [6.45, 7) is 5.79. The van der Waals surface area contributed by atoms with Gasteiger partial charge in [-0.3, -0.25) is 4.99 Å². The molecule has 2 N–H and O–H groups in total. The van der Waals surface area contributed by atoms with E-state index in [1.807, 2.05) is 7.05 Å². The van der Waals surface area contributed by atoms with Gasteiger partial charge in [0.2, 0.25) is 0 Å². The maximum absolute atomic E-state index is 5.73. The van der Waals surface area contributed by atoms with Gasteiger partial charge in [-0.1, -0.05) is 18.2 Å². The number of nitrogens with zero attached hydrogens (tertiary/aromatic N) is 2. The average molecular weight is 328 g/mol. The smallest absolute Gasteiger partial charge is 0.193 e. The summed E-state index contributed by atoms with van der Waals surface area (Å²) in [5, 5.41) is 4.82. The third-order valence-electron chi connectivity index (χ3n) is 4.71. The zero-order valence-corrected chi connectivity index (χ0v) is 14.7. The number of benzene rings is 1. The van der Waals surface area contributed by atoms with Crippen LogP contribution >= 0.6 is 0 Å². The highest BCUT2D eigenvalue weighted by molar-refractivity contribution is 5.83. The van der Waals surface area contributed by atoms with Crippen molar-refractivity contribution in [3.8, 4) is 0 Å². The van der Waals surface area contributed by atoms with Crippen LogP contribution in [0.15, 0.2) is 35.5 Å². The molecule has 5 nitrogen and oxygen atoms in total. The molecule has 1 aromatic carbocycles. The number of likely N-dealkylation sites (tertiary alicyclic amines) is 1. The zero-order valence-electron chi connectivity index (χ0n) is 14.7. The minimum absolute atomic E-state index is 0.413. The molecule has 5 heteroatoms. The number of piperidine rings is 1. The summed E-state index contributed by atoms with van der Waals surface area (Å²) < 4.78 is 5.73. The summed E-state index contributed by atoms with van der Waals surface area (Å²) in [7, 11) is 1.86. The fraction of sp³-hybridized carbons (Fsp3) is 0.526. The molecule has 0 unspecified atom stereocenters. The summed E-state index contributed by atoms with van der Waals surface area (Å²) in [5.74, 6) is 1.00. The maximum Gasteiger partial charge on any atom is 0.193 e. The summed E-state index contributed by atoms with van der Waals surface area (Å²) in [5.41, 5.74) is 2.55. The van der Waals surface area contributed by atoms with E-state index >= 15 is 0 Å². The van der Waals surface area contributed by atoms with Crippen LogP contribution < -0.4 is 5.32 Å². The molecule has 0 amide bonds. The molecule has 0 atom stereocenters. The number of ether oxygens (including phenoxy) is 1. The normalized spacial score (nSPS) is 16.8. The van der Waals surface area contributed by atoms with Gasteiger partial charge in [-0.05, 0) is 37.8 Å². The van der Waals surface area contributed by atoms with Gasteiger partial charge in [0.15, 0.2) is 5.96 Å². The third kappa shape index (κ3) is 3.90. The number of nitrogens with one attached hydrogen (secondary N) is 2. The second-order valence-corrected chi connectivity index (χ2v) is 6.23. The Bertz CT molecular complexity index is 671. The van der Waals surface area contributed by atoms with Crippen molar-refractivity contribution in [1.29, 1.82) is 0 Å². The first-order chi connectivity index (χ1) is 11.8. The number of para-hydroxylation sites is 1. The molecule has 1 aromatic heterocycles. The van der Waals surface area contributed by atoms with E-state index in [1.54, 1.807) is 0 Å². The van der Waals surface area contributed by atoms with Gasteiger partial charge in [0, 0.05) is 50.4 Å². The van der Waals surface area contributed by atoms with Crippen molar-refractivity contribution in [2.45, 2.75) is 32.3 Å². The van der Waals surface area contributed by atoms with Crippen LogP contribution in [0.5, 0.6) is 0 Å². The number of guanidine groups is 1. The first-order valence-electron chi connectivity index (χ1n) is 8.94. The third-order valence-corrected chi connectivity index (χ3v) is 4.71. The Balaban J connectivity index is 1.50. The van der Waals surface area contributed by atoms with Crippen molar-refractivity contribution in [3.63, 3.8) is 0 Å². The summed E-state index contributed by atoms with van der Waals surface area (Å²) in [6.07, 6.45) is 5.67. The molecule has 1 fully saturated rings. The minimum atomic E-state index is 0.413. The highest BCUT2D eigenvalue weighted by atomic mass is 16.5. The van der Waals surface area contributed by atoms with Crippen molar-refractivity contribution in [2.24, 2.45) is 4.99 Å². The minimum Gasteiger partial charge on any atom is -0.378 e. The van der Waals surface area contributed by atoms with Crippen LogP contribution in [0.2, 0.25) is 0 Å². The maximum atomic E-state index is 5.73. The number of hydrogen-bond acceptors (Lipinski definition) is 2. The van der Waals surface area contributed by atoms with Crippen molar-refractivity contribution >= 4 is 16.9 Å². The Labute approximate surface area is 144 Å². The monoisotopic (exact) mass is 328 g/mol. The Hall–Kier alpha value is -2.01. The van der Waals surface area contributed by atoms with E-state index in [9.17, 15) is 0 Å². The average Bonchev–Trinajstić information content (AvgIpc) is 3.03. The number of rotatable bonds is 5. The van der Waals surface area contributed by atoms with E-state index in [2.05, 4.69) is 57.6 Å². The molecule has 24 heavy (non-hydrogen) atoms. The molecule has 0 saturated carbocycles.